The number of hydrazone groups is 1. The van der Waals surface area contributed by atoms with Crippen molar-refractivity contribution in [1.82, 2.24) is 5.43 Å². The van der Waals surface area contributed by atoms with Crippen LogP contribution in [-0.2, 0) is 4.79 Å². The molecule has 3 aromatic rings. The molecule has 0 saturated heterocycles. The van der Waals surface area contributed by atoms with E-state index >= 15 is 0 Å². The molecule has 0 fully saturated rings. The molecule has 33 heavy (non-hydrogen) atoms. The van der Waals surface area contributed by atoms with Gasteiger partial charge in [0.15, 0.2) is 18.1 Å². The van der Waals surface area contributed by atoms with Gasteiger partial charge in [-0.15, -0.1) is 0 Å². The number of anilines is 1. The van der Waals surface area contributed by atoms with Gasteiger partial charge in [-0.3, -0.25) is 9.59 Å². The molecular formula is C24H22BrN3O5. The maximum absolute atomic E-state index is 12.3. The van der Waals surface area contributed by atoms with Crippen LogP contribution < -0.4 is 25.0 Å². The lowest BCUT2D eigenvalue weighted by molar-refractivity contribution is -0.118. The third kappa shape index (κ3) is 6.56. The fourth-order valence-electron chi connectivity index (χ4n) is 2.83. The molecule has 170 valence electrons. The molecule has 3 rings (SSSR count). The molecule has 2 N–H and O–H groups in total. The van der Waals surface area contributed by atoms with Gasteiger partial charge >= 0.3 is 0 Å². The number of carbonyl (C=O) groups excluding carboxylic acids is 2. The van der Waals surface area contributed by atoms with Gasteiger partial charge in [0.2, 0.25) is 0 Å². The van der Waals surface area contributed by atoms with Crippen molar-refractivity contribution >= 4 is 39.6 Å². The molecule has 0 unspecified atom stereocenters. The Hall–Kier alpha value is -3.85. The Morgan fingerprint density at radius 2 is 1.67 bits per heavy atom. The van der Waals surface area contributed by atoms with Crippen LogP contribution in [0.15, 0.2) is 76.3 Å². The van der Waals surface area contributed by atoms with Gasteiger partial charge in [-0.05, 0) is 64.0 Å². The molecule has 0 aliphatic carbocycles. The summed E-state index contributed by atoms with van der Waals surface area (Å²) in [6.45, 7) is -0.218. The van der Waals surface area contributed by atoms with E-state index in [9.17, 15) is 9.59 Å². The summed E-state index contributed by atoms with van der Waals surface area (Å²) in [5.74, 6) is 0.677. The van der Waals surface area contributed by atoms with Crippen molar-refractivity contribution in [3.63, 3.8) is 0 Å². The zero-order valence-electron chi connectivity index (χ0n) is 18.0. The molecular weight excluding hydrogens is 490 g/mol. The standard InChI is InChI=1S/C24H22BrN3O5/c1-31-20-10-6-5-9-19(20)27-23(29)15-33-21-12-11-16(13-22(21)32-2)14-26-28-24(30)17-7-3-4-8-18(17)25/h3-14H,15H2,1-2H3,(H,27,29)(H,28,30)/b26-14-. The first-order valence-electron chi connectivity index (χ1n) is 9.83. The Kier molecular flexibility index (Phi) is 8.43. The van der Waals surface area contributed by atoms with Crippen molar-refractivity contribution in [2.45, 2.75) is 0 Å². The van der Waals surface area contributed by atoms with Crippen molar-refractivity contribution in [2.75, 3.05) is 26.1 Å². The van der Waals surface area contributed by atoms with Crippen LogP contribution in [0, 0.1) is 0 Å². The molecule has 0 bridgehead atoms. The van der Waals surface area contributed by atoms with Crippen LogP contribution >= 0.6 is 15.9 Å². The first kappa shape index (κ1) is 23.8. The van der Waals surface area contributed by atoms with Gasteiger partial charge < -0.3 is 19.5 Å². The lowest BCUT2D eigenvalue weighted by atomic mass is 10.2. The Morgan fingerprint density at radius 3 is 2.42 bits per heavy atom. The summed E-state index contributed by atoms with van der Waals surface area (Å²) in [7, 11) is 3.02. The normalized spacial score (nSPS) is 10.5. The molecule has 0 radical (unpaired) electrons. The fourth-order valence-corrected chi connectivity index (χ4v) is 3.30. The minimum absolute atomic E-state index is 0.218. The van der Waals surface area contributed by atoms with E-state index in [4.69, 9.17) is 14.2 Å². The first-order valence-corrected chi connectivity index (χ1v) is 10.6. The highest BCUT2D eigenvalue weighted by atomic mass is 79.9. The van der Waals surface area contributed by atoms with E-state index in [2.05, 4.69) is 31.8 Å². The highest BCUT2D eigenvalue weighted by Crippen LogP contribution is 2.28. The van der Waals surface area contributed by atoms with Gasteiger partial charge in [0, 0.05) is 4.47 Å². The van der Waals surface area contributed by atoms with E-state index < -0.39 is 0 Å². The molecule has 0 aliphatic rings. The number of methoxy groups -OCH3 is 2. The summed E-state index contributed by atoms with van der Waals surface area (Å²) >= 11 is 3.33. The predicted octanol–water partition coefficient (Wildman–Crippen LogP) is 4.25. The topological polar surface area (TPSA) is 98.3 Å². The van der Waals surface area contributed by atoms with Crippen LogP contribution in [0.3, 0.4) is 0 Å². The fraction of sp³-hybridized carbons (Fsp3) is 0.125. The van der Waals surface area contributed by atoms with Crippen molar-refractivity contribution in [3.05, 3.63) is 82.3 Å². The van der Waals surface area contributed by atoms with E-state index in [1.165, 1.54) is 20.4 Å². The number of ether oxygens (including phenoxy) is 3. The van der Waals surface area contributed by atoms with E-state index in [-0.39, 0.29) is 18.4 Å². The second-order valence-electron chi connectivity index (χ2n) is 6.63. The lowest BCUT2D eigenvalue weighted by Gasteiger charge is -2.12. The summed E-state index contributed by atoms with van der Waals surface area (Å²) in [6.07, 6.45) is 1.48. The average molecular weight is 512 g/mol. The number of para-hydroxylation sites is 2. The van der Waals surface area contributed by atoms with E-state index in [0.717, 1.165) is 0 Å². The summed E-state index contributed by atoms with van der Waals surface area (Å²) in [5, 5.41) is 6.73. The van der Waals surface area contributed by atoms with Crippen molar-refractivity contribution < 1.29 is 23.8 Å². The quantitative estimate of drug-likeness (QED) is 0.330. The SMILES string of the molecule is COc1ccccc1NC(=O)COc1ccc(/C=N\NC(=O)c2ccccc2Br)cc1OC. The molecule has 3 aromatic carbocycles. The summed E-state index contributed by atoms with van der Waals surface area (Å²) in [6, 6.07) is 19.2. The van der Waals surface area contributed by atoms with Crippen LogP contribution in [0.5, 0.6) is 17.2 Å². The number of halogens is 1. The van der Waals surface area contributed by atoms with E-state index in [1.807, 2.05) is 12.1 Å². The predicted molar refractivity (Wildman–Crippen MR) is 129 cm³/mol. The molecule has 0 spiro atoms. The van der Waals surface area contributed by atoms with E-state index in [0.29, 0.717) is 38.5 Å². The second kappa shape index (κ2) is 11.7. The van der Waals surface area contributed by atoms with Gasteiger partial charge in [-0.2, -0.15) is 5.10 Å². The van der Waals surface area contributed by atoms with Crippen molar-refractivity contribution in [3.8, 4) is 17.2 Å². The molecule has 0 saturated carbocycles. The summed E-state index contributed by atoms with van der Waals surface area (Å²) < 4.78 is 16.9. The van der Waals surface area contributed by atoms with Gasteiger partial charge in [-0.25, -0.2) is 5.43 Å². The Bertz CT molecular complexity index is 1170. The van der Waals surface area contributed by atoms with Gasteiger partial charge in [0.25, 0.3) is 11.8 Å². The third-order valence-corrected chi connectivity index (χ3v) is 5.12. The first-order chi connectivity index (χ1) is 16.0. The molecule has 0 atom stereocenters. The van der Waals surface area contributed by atoms with Crippen molar-refractivity contribution in [2.24, 2.45) is 5.10 Å². The van der Waals surface area contributed by atoms with Gasteiger partial charge in [0.05, 0.1) is 31.7 Å². The highest BCUT2D eigenvalue weighted by molar-refractivity contribution is 9.10. The molecule has 2 amide bonds. The monoisotopic (exact) mass is 511 g/mol. The largest absolute Gasteiger partial charge is 0.495 e. The Balaban J connectivity index is 1.59. The maximum atomic E-state index is 12.3. The Morgan fingerprint density at radius 1 is 0.939 bits per heavy atom. The van der Waals surface area contributed by atoms with Crippen LogP contribution in [-0.4, -0.2) is 38.9 Å². The molecule has 0 aromatic heterocycles. The van der Waals surface area contributed by atoms with Crippen LogP contribution in [0.4, 0.5) is 5.69 Å². The maximum Gasteiger partial charge on any atom is 0.272 e. The number of rotatable bonds is 9. The Labute approximate surface area is 199 Å². The number of hydrogen-bond donors (Lipinski definition) is 2. The number of hydrogen-bond acceptors (Lipinski definition) is 6. The number of nitrogens with one attached hydrogen (secondary N) is 2. The van der Waals surface area contributed by atoms with Crippen LogP contribution in [0.2, 0.25) is 0 Å². The number of amides is 2. The molecule has 0 heterocycles. The number of carbonyl (C=O) groups is 2. The smallest absolute Gasteiger partial charge is 0.272 e. The number of nitrogens with zero attached hydrogens (tertiary/aromatic N) is 1. The van der Waals surface area contributed by atoms with Gasteiger partial charge in [0.1, 0.15) is 5.75 Å². The zero-order chi connectivity index (χ0) is 23.6. The lowest BCUT2D eigenvalue weighted by Crippen LogP contribution is -2.20. The van der Waals surface area contributed by atoms with Gasteiger partial charge in [-0.1, -0.05) is 24.3 Å². The second-order valence-corrected chi connectivity index (χ2v) is 7.48. The van der Waals surface area contributed by atoms with E-state index in [1.54, 1.807) is 54.6 Å². The summed E-state index contributed by atoms with van der Waals surface area (Å²) in [4.78, 5) is 24.5. The zero-order valence-corrected chi connectivity index (χ0v) is 19.6. The van der Waals surface area contributed by atoms with Crippen LogP contribution in [0.1, 0.15) is 15.9 Å². The molecule has 9 heteroatoms. The van der Waals surface area contributed by atoms with Crippen molar-refractivity contribution in [1.29, 1.82) is 0 Å². The minimum atomic E-state index is -0.345. The molecule has 0 aliphatic heterocycles. The summed E-state index contributed by atoms with van der Waals surface area (Å²) in [5.41, 5.74) is 4.18. The third-order valence-electron chi connectivity index (χ3n) is 4.43. The number of benzene rings is 3. The molecule has 8 nitrogen and oxygen atoms in total. The minimum Gasteiger partial charge on any atom is -0.495 e. The highest BCUT2D eigenvalue weighted by Gasteiger charge is 2.11. The average Bonchev–Trinajstić information content (AvgIpc) is 2.83. The van der Waals surface area contributed by atoms with Crippen LogP contribution in [0.25, 0.3) is 0 Å².